The maximum Gasteiger partial charge on any atom is 0.247 e. The fourth-order valence-corrected chi connectivity index (χ4v) is 4.57. The summed E-state index contributed by atoms with van der Waals surface area (Å²) in [5.41, 5.74) is 3.07. The third-order valence-corrected chi connectivity index (χ3v) is 6.50. The Morgan fingerprint density at radius 1 is 1.08 bits per heavy atom. The highest BCUT2D eigenvalue weighted by Crippen LogP contribution is 2.26. The Labute approximate surface area is 209 Å². The van der Waals surface area contributed by atoms with Gasteiger partial charge in [-0.15, -0.1) is 0 Å². The number of hydrogen-bond acceptors (Lipinski definition) is 8. The second kappa shape index (κ2) is 10.7. The zero-order valence-electron chi connectivity index (χ0n) is 20.1. The van der Waals surface area contributed by atoms with Crippen LogP contribution in [0, 0.1) is 0 Å². The molecule has 0 aliphatic carbocycles. The topological polar surface area (TPSA) is 128 Å². The largest absolute Gasteiger partial charge is 0.378 e. The maximum absolute atomic E-state index is 12.6. The molecule has 0 atom stereocenters. The number of imidazole rings is 1. The van der Waals surface area contributed by atoms with Crippen molar-refractivity contribution in [2.24, 2.45) is 0 Å². The molecule has 2 aromatic heterocycles. The molecule has 2 amide bonds. The van der Waals surface area contributed by atoms with E-state index in [0.717, 1.165) is 61.9 Å². The van der Waals surface area contributed by atoms with E-state index in [1.165, 1.54) is 6.08 Å². The van der Waals surface area contributed by atoms with Crippen molar-refractivity contribution in [3.05, 3.63) is 48.8 Å². The number of benzene rings is 1. The highest BCUT2D eigenvalue weighted by Gasteiger charge is 2.24. The number of nitrogens with zero attached hydrogens (tertiary/aromatic N) is 5. The number of carbonyl (C=O) groups excluding carboxylic acids is 2. The van der Waals surface area contributed by atoms with E-state index in [2.05, 4.69) is 42.0 Å². The van der Waals surface area contributed by atoms with E-state index in [4.69, 9.17) is 9.72 Å². The predicted molar refractivity (Wildman–Crippen MR) is 137 cm³/mol. The lowest BCUT2D eigenvalue weighted by atomic mass is 10.0. The molecule has 11 nitrogen and oxygen atoms in total. The molecule has 5 rings (SSSR count). The second-order valence-electron chi connectivity index (χ2n) is 8.95. The molecule has 3 aromatic rings. The Morgan fingerprint density at radius 3 is 2.56 bits per heavy atom. The Hall–Kier alpha value is -3.99. The summed E-state index contributed by atoms with van der Waals surface area (Å²) in [5, 5.41) is 5.85. The number of rotatable bonds is 7. The number of morpholine rings is 1. The molecule has 188 valence electrons. The van der Waals surface area contributed by atoms with Gasteiger partial charge in [0.15, 0.2) is 11.5 Å². The molecule has 0 saturated carbocycles. The fourth-order valence-electron chi connectivity index (χ4n) is 4.57. The molecule has 4 heterocycles. The molecule has 2 aliphatic rings. The van der Waals surface area contributed by atoms with Crippen LogP contribution >= 0.6 is 0 Å². The van der Waals surface area contributed by atoms with Gasteiger partial charge in [-0.2, -0.15) is 4.98 Å². The van der Waals surface area contributed by atoms with Crippen LogP contribution in [0.25, 0.3) is 11.2 Å². The molecule has 0 radical (unpaired) electrons. The number of carbonyl (C=O) groups is 2. The summed E-state index contributed by atoms with van der Waals surface area (Å²) in [5.74, 6) is 1.37. The number of hydrogen-bond donors (Lipinski definition) is 3. The smallest absolute Gasteiger partial charge is 0.247 e. The fraction of sp³-hybridized carbons (Fsp3) is 0.400. The summed E-state index contributed by atoms with van der Waals surface area (Å²) in [7, 11) is 0. The zero-order chi connectivity index (χ0) is 24.9. The highest BCUT2D eigenvalue weighted by molar-refractivity contribution is 5.98. The lowest BCUT2D eigenvalue weighted by Crippen LogP contribution is -2.45. The van der Waals surface area contributed by atoms with Crippen molar-refractivity contribution in [3.8, 4) is 0 Å². The number of H-pyrrole nitrogens is 1. The average molecular weight is 491 g/mol. The number of aromatic nitrogens is 4. The first-order chi connectivity index (χ1) is 17.6. The van der Waals surface area contributed by atoms with Gasteiger partial charge >= 0.3 is 0 Å². The zero-order valence-corrected chi connectivity index (χ0v) is 20.1. The van der Waals surface area contributed by atoms with Crippen LogP contribution in [0.2, 0.25) is 0 Å². The minimum Gasteiger partial charge on any atom is -0.378 e. The van der Waals surface area contributed by atoms with Crippen molar-refractivity contribution in [2.75, 3.05) is 54.5 Å². The van der Waals surface area contributed by atoms with E-state index in [1.807, 2.05) is 12.1 Å². The van der Waals surface area contributed by atoms with Gasteiger partial charge in [-0.1, -0.05) is 18.7 Å². The summed E-state index contributed by atoms with van der Waals surface area (Å²) in [6.07, 6.45) is 4.74. The van der Waals surface area contributed by atoms with Gasteiger partial charge in [0.25, 0.3) is 0 Å². The SMILES string of the molecule is C=CC(=O)Nc1ccc(CC(=O)NC2CCN(c3nc4ncnc(N5CCOCC5)c4[nH]3)CC2)cc1. The van der Waals surface area contributed by atoms with E-state index in [0.29, 0.717) is 31.0 Å². The van der Waals surface area contributed by atoms with Gasteiger partial charge in [-0.05, 0) is 36.6 Å². The van der Waals surface area contributed by atoms with Crippen LogP contribution in [-0.2, 0) is 20.7 Å². The van der Waals surface area contributed by atoms with E-state index in [9.17, 15) is 9.59 Å². The number of piperidine rings is 1. The van der Waals surface area contributed by atoms with Crippen LogP contribution in [0.1, 0.15) is 18.4 Å². The van der Waals surface area contributed by atoms with Crippen LogP contribution in [0.15, 0.2) is 43.2 Å². The lowest BCUT2D eigenvalue weighted by Gasteiger charge is -2.32. The summed E-state index contributed by atoms with van der Waals surface area (Å²) >= 11 is 0. The first-order valence-corrected chi connectivity index (χ1v) is 12.2. The summed E-state index contributed by atoms with van der Waals surface area (Å²) in [6.45, 7) is 7.96. The number of ether oxygens (including phenoxy) is 1. The van der Waals surface area contributed by atoms with Gasteiger partial charge in [0.2, 0.25) is 17.8 Å². The minimum atomic E-state index is -0.264. The van der Waals surface area contributed by atoms with Crippen molar-refractivity contribution in [1.82, 2.24) is 25.3 Å². The quantitative estimate of drug-likeness (QED) is 0.427. The Balaban J connectivity index is 1.14. The third-order valence-electron chi connectivity index (χ3n) is 6.50. The summed E-state index contributed by atoms with van der Waals surface area (Å²) < 4.78 is 5.46. The monoisotopic (exact) mass is 490 g/mol. The first kappa shape index (κ1) is 23.7. The van der Waals surface area contributed by atoms with Crippen LogP contribution in [0.5, 0.6) is 0 Å². The minimum absolute atomic E-state index is 0.00880. The predicted octanol–water partition coefficient (Wildman–Crippen LogP) is 1.64. The van der Waals surface area contributed by atoms with E-state index in [-0.39, 0.29) is 17.9 Å². The molecule has 11 heteroatoms. The molecular weight excluding hydrogens is 460 g/mol. The van der Waals surface area contributed by atoms with Gasteiger partial charge < -0.3 is 30.2 Å². The van der Waals surface area contributed by atoms with Crippen molar-refractivity contribution < 1.29 is 14.3 Å². The van der Waals surface area contributed by atoms with Gasteiger partial charge in [-0.3, -0.25) is 9.59 Å². The van der Waals surface area contributed by atoms with E-state index in [1.54, 1.807) is 18.5 Å². The summed E-state index contributed by atoms with van der Waals surface area (Å²) in [6, 6.07) is 7.37. The molecule has 0 spiro atoms. The Bertz CT molecular complexity index is 1230. The average Bonchev–Trinajstić information content (AvgIpc) is 3.35. The molecule has 0 bridgehead atoms. The van der Waals surface area contributed by atoms with Crippen molar-refractivity contribution in [3.63, 3.8) is 0 Å². The molecule has 1 aromatic carbocycles. The number of anilines is 3. The second-order valence-corrected chi connectivity index (χ2v) is 8.95. The molecule has 2 fully saturated rings. The van der Waals surface area contributed by atoms with E-state index < -0.39 is 0 Å². The molecule has 2 aliphatic heterocycles. The normalized spacial score (nSPS) is 16.7. The van der Waals surface area contributed by atoms with Crippen molar-refractivity contribution in [1.29, 1.82) is 0 Å². The number of fused-ring (bicyclic) bond motifs is 1. The third kappa shape index (κ3) is 5.46. The van der Waals surface area contributed by atoms with Crippen LogP contribution < -0.4 is 20.4 Å². The number of nitrogens with one attached hydrogen (secondary N) is 3. The molecule has 2 saturated heterocycles. The Kier molecular flexibility index (Phi) is 7.08. The highest BCUT2D eigenvalue weighted by atomic mass is 16.5. The molecule has 3 N–H and O–H groups in total. The number of amides is 2. The van der Waals surface area contributed by atoms with Crippen molar-refractivity contribution >= 4 is 40.4 Å². The standard InChI is InChI=1S/C25H30N8O3/c1-2-20(34)28-18-5-3-17(4-6-18)15-21(35)29-19-7-9-33(10-8-19)25-30-22-23(31-25)26-16-27-24(22)32-11-13-36-14-12-32/h2-6,16,19H,1,7-15H2,(H,28,34)(H,29,35)(H,26,27,30,31). The maximum atomic E-state index is 12.6. The van der Waals surface area contributed by atoms with Crippen molar-refractivity contribution in [2.45, 2.75) is 25.3 Å². The molecular formula is C25H30N8O3. The first-order valence-electron chi connectivity index (χ1n) is 12.2. The van der Waals surface area contributed by atoms with Crippen LogP contribution in [-0.4, -0.2) is 77.2 Å². The van der Waals surface area contributed by atoms with Gasteiger partial charge in [0.1, 0.15) is 11.8 Å². The van der Waals surface area contributed by atoms with Crippen LogP contribution in [0.4, 0.5) is 17.5 Å². The lowest BCUT2D eigenvalue weighted by molar-refractivity contribution is -0.121. The van der Waals surface area contributed by atoms with Gasteiger partial charge in [0.05, 0.1) is 19.6 Å². The molecule has 36 heavy (non-hydrogen) atoms. The van der Waals surface area contributed by atoms with Gasteiger partial charge in [-0.25, -0.2) is 9.97 Å². The number of aromatic amines is 1. The molecule has 0 unspecified atom stereocenters. The Morgan fingerprint density at radius 2 is 1.83 bits per heavy atom. The van der Waals surface area contributed by atoms with Crippen LogP contribution in [0.3, 0.4) is 0 Å². The van der Waals surface area contributed by atoms with E-state index >= 15 is 0 Å². The summed E-state index contributed by atoms with van der Waals surface area (Å²) in [4.78, 5) is 45.3. The van der Waals surface area contributed by atoms with Gasteiger partial charge in [0, 0.05) is 37.9 Å².